The number of aromatic nitrogens is 1. The number of amides is 1. The van der Waals surface area contributed by atoms with Crippen LogP contribution in [-0.2, 0) is 27.2 Å². The third-order valence-corrected chi connectivity index (χ3v) is 8.91. The third kappa shape index (κ3) is 9.36. The lowest BCUT2D eigenvalue weighted by Gasteiger charge is -2.38. The van der Waals surface area contributed by atoms with E-state index in [0.29, 0.717) is 18.0 Å². The molecule has 7 heteroatoms. The van der Waals surface area contributed by atoms with Crippen LogP contribution in [0, 0.1) is 19.8 Å². The van der Waals surface area contributed by atoms with E-state index in [2.05, 4.69) is 40.5 Å². The van der Waals surface area contributed by atoms with Crippen molar-refractivity contribution in [1.82, 2.24) is 10.3 Å². The number of benzene rings is 3. The number of nitrogens with one attached hydrogen (secondary N) is 1. The minimum absolute atomic E-state index is 0.134. The van der Waals surface area contributed by atoms with Gasteiger partial charge in [0.25, 0.3) is 5.91 Å². The smallest absolute Gasteiger partial charge is 0.340 e. The zero-order chi connectivity index (χ0) is 35.1. The number of anilines is 1. The highest BCUT2D eigenvalue weighted by Gasteiger charge is 2.37. The standard InChI is InChI=1S/C42H51N3O4/c1-28(2)48-41(47)39(49-42(5,6)7)37-30(4)44-29(3)36(38(37)45-24-22-32(23-25-45)26-31-14-10-8-11-15-31)34-18-20-35(21-19-34)40(46)43-27-33-16-12-9-13-17-33/h8-21,28,32,39H,22-27H2,1-7H3,(H,43,46). The number of rotatable bonds is 11. The van der Waals surface area contributed by atoms with Gasteiger partial charge in [0, 0.05) is 47.7 Å². The predicted molar refractivity (Wildman–Crippen MR) is 197 cm³/mol. The van der Waals surface area contributed by atoms with E-state index in [-0.39, 0.29) is 12.0 Å². The number of nitrogens with zero attached hydrogens (tertiary/aromatic N) is 2. The van der Waals surface area contributed by atoms with E-state index in [0.717, 1.165) is 71.7 Å². The lowest BCUT2D eigenvalue weighted by molar-refractivity contribution is -0.171. The van der Waals surface area contributed by atoms with Crippen molar-refractivity contribution in [2.75, 3.05) is 18.0 Å². The highest BCUT2D eigenvalue weighted by atomic mass is 16.6. The van der Waals surface area contributed by atoms with Gasteiger partial charge >= 0.3 is 5.97 Å². The number of hydrogen-bond donors (Lipinski definition) is 1. The van der Waals surface area contributed by atoms with Crippen LogP contribution in [0.15, 0.2) is 84.9 Å². The number of carbonyl (C=O) groups is 2. The summed E-state index contributed by atoms with van der Waals surface area (Å²) < 4.78 is 12.4. The Kier molecular flexibility index (Phi) is 11.6. The van der Waals surface area contributed by atoms with Crippen molar-refractivity contribution in [1.29, 1.82) is 0 Å². The van der Waals surface area contributed by atoms with Gasteiger partial charge in [0.15, 0.2) is 6.10 Å². The maximum Gasteiger partial charge on any atom is 0.340 e. The van der Waals surface area contributed by atoms with Gasteiger partial charge in [-0.15, -0.1) is 0 Å². The van der Waals surface area contributed by atoms with Crippen molar-refractivity contribution < 1.29 is 19.1 Å². The normalized spacial score (nSPS) is 14.5. The second kappa shape index (κ2) is 15.8. The quantitative estimate of drug-likeness (QED) is 0.162. The van der Waals surface area contributed by atoms with E-state index in [1.807, 2.05) is 103 Å². The van der Waals surface area contributed by atoms with E-state index in [1.54, 1.807) is 0 Å². The van der Waals surface area contributed by atoms with Crippen LogP contribution in [0.1, 0.15) is 92.0 Å². The molecule has 1 amide bonds. The molecule has 0 aliphatic carbocycles. The summed E-state index contributed by atoms with van der Waals surface area (Å²) in [4.78, 5) is 34.4. The number of pyridine rings is 1. The number of esters is 1. The monoisotopic (exact) mass is 661 g/mol. The van der Waals surface area contributed by atoms with Crippen LogP contribution in [-0.4, -0.2) is 41.7 Å². The zero-order valence-electron chi connectivity index (χ0n) is 30.1. The number of hydrogen-bond acceptors (Lipinski definition) is 6. The minimum Gasteiger partial charge on any atom is -0.461 e. The molecular weight excluding hydrogens is 610 g/mol. The second-order valence-electron chi connectivity index (χ2n) is 14.4. The average molecular weight is 662 g/mol. The zero-order valence-corrected chi connectivity index (χ0v) is 30.1. The van der Waals surface area contributed by atoms with Gasteiger partial charge in [-0.05, 0) is 102 Å². The Morgan fingerprint density at radius 3 is 2.02 bits per heavy atom. The first-order chi connectivity index (χ1) is 23.4. The largest absolute Gasteiger partial charge is 0.461 e. The fraction of sp³-hybridized carbons (Fsp3) is 0.405. The maximum absolute atomic E-state index is 13.9. The molecule has 3 aromatic carbocycles. The number of aryl methyl sites for hydroxylation is 2. The SMILES string of the molecule is Cc1nc(C)c(C(OC(C)(C)C)C(=O)OC(C)C)c(N2CCC(Cc3ccccc3)CC2)c1-c1ccc(C(=O)NCc2ccccc2)cc1. The van der Waals surface area contributed by atoms with E-state index in [1.165, 1.54) is 5.56 Å². The van der Waals surface area contributed by atoms with Crippen LogP contribution in [0.5, 0.6) is 0 Å². The molecule has 0 saturated carbocycles. The highest BCUT2D eigenvalue weighted by Crippen LogP contribution is 2.44. The molecule has 0 radical (unpaired) electrons. The van der Waals surface area contributed by atoms with Crippen LogP contribution in [0.2, 0.25) is 0 Å². The number of piperidine rings is 1. The Morgan fingerprint density at radius 1 is 0.857 bits per heavy atom. The lowest BCUT2D eigenvalue weighted by Crippen LogP contribution is -2.37. The molecule has 7 nitrogen and oxygen atoms in total. The van der Waals surface area contributed by atoms with Gasteiger partial charge in [-0.3, -0.25) is 9.78 Å². The summed E-state index contributed by atoms with van der Waals surface area (Å²) in [6, 6.07) is 28.3. The topological polar surface area (TPSA) is 80.8 Å². The van der Waals surface area contributed by atoms with Crippen molar-refractivity contribution in [3.63, 3.8) is 0 Å². The van der Waals surface area contributed by atoms with E-state index in [9.17, 15) is 9.59 Å². The molecule has 2 heterocycles. The summed E-state index contributed by atoms with van der Waals surface area (Å²) in [6.45, 7) is 15.7. The Bertz CT molecular complexity index is 1710. The second-order valence-corrected chi connectivity index (χ2v) is 14.4. The van der Waals surface area contributed by atoms with Crippen LogP contribution in [0.4, 0.5) is 5.69 Å². The summed E-state index contributed by atoms with van der Waals surface area (Å²) in [7, 11) is 0. The minimum atomic E-state index is -0.964. The van der Waals surface area contributed by atoms with Crippen molar-refractivity contribution in [2.24, 2.45) is 5.92 Å². The summed E-state index contributed by atoms with van der Waals surface area (Å²) >= 11 is 0. The molecule has 1 aliphatic heterocycles. The Morgan fingerprint density at radius 2 is 1.45 bits per heavy atom. The molecule has 1 atom stereocenters. The average Bonchev–Trinajstić information content (AvgIpc) is 3.07. The van der Waals surface area contributed by atoms with Crippen LogP contribution >= 0.6 is 0 Å². The Balaban J connectivity index is 1.53. The van der Waals surface area contributed by atoms with Crippen molar-refractivity contribution in [2.45, 2.75) is 92.1 Å². The highest BCUT2D eigenvalue weighted by molar-refractivity contribution is 5.95. The summed E-state index contributed by atoms with van der Waals surface area (Å²) in [5.41, 5.74) is 7.54. The van der Waals surface area contributed by atoms with Gasteiger partial charge < -0.3 is 19.7 Å². The fourth-order valence-electron chi connectivity index (χ4n) is 6.68. The van der Waals surface area contributed by atoms with Gasteiger partial charge in [0.2, 0.25) is 0 Å². The first-order valence-corrected chi connectivity index (χ1v) is 17.5. The summed E-state index contributed by atoms with van der Waals surface area (Å²) in [5.74, 6) is 0.0108. The van der Waals surface area contributed by atoms with Gasteiger partial charge in [0.1, 0.15) is 0 Å². The molecule has 4 aromatic rings. The van der Waals surface area contributed by atoms with Gasteiger partial charge in [-0.2, -0.15) is 0 Å². The van der Waals surface area contributed by atoms with E-state index in [4.69, 9.17) is 14.5 Å². The molecule has 1 fully saturated rings. The molecule has 1 aromatic heterocycles. The van der Waals surface area contributed by atoms with Gasteiger partial charge in [-0.1, -0.05) is 72.8 Å². The Hall–Kier alpha value is -4.49. The van der Waals surface area contributed by atoms with E-state index < -0.39 is 17.7 Å². The van der Waals surface area contributed by atoms with E-state index >= 15 is 0 Å². The summed E-state index contributed by atoms with van der Waals surface area (Å²) in [5, 5.41) is 3.02. The molecule has 0 bridgehead atoms. The lowest BCUT2D eigenvalue weighted by atomic mass is 9.88. The molecule has 1 unspecified atom stereocenters. The van der Waals surface area contributed by atoms with Crippen LogP contribution in [0.25, 0.3) is 11.1 Å². The molecule has 5 rings (SSSR count). The summed E-state index contributed by atoms with van der Waals surface area (Å²) in [6.07, 6.45) is 1.84. The predicted octanol–water partition coefficient (Wildman–Crippen LogP) is 8.56. The van der Waals surface area contributed by atoms with Gasteiger partial charge in [-0.25, -0.2) is 4.79 Å². The molecule has 1 saturated heterocycles. The maximum atomic E-state index is 13.9. The van der Waals surface area contributed by atoms with Crippen LogP contribution < -0.4 is 10.2 Å². The molecule has 0 spiro atoms. The van der Waals surface area contributed by atoms with Gasteiger partial charge in [0.05, 0.1) is 17.4 Å². The molecular formula is C42H51N3O4. The van der Waals surface area contributed by atoms with Crippen molar-refractivity contribution in [3.8, 4) is 11.1 Å². The molecule has 1 N–H and O–H groups in total. The van der Waals surface area contributed by atoms with Crippen molar-refractivity contribution in [3.05, 3.63) is 119 Å². The Labute approximate surface area is 292 Å². The molecule has 1 aliphatic rings. The molecule has 258 valence electrons. The molecule has 49 heavy (non-hydrogen) atoms. The number of carbonyl (C=O) groups excluding carboxylic acids is 2. The fourth-order valence-corrected chi connectivity index (χ4v) is 6.68. The third-order valence-electron chi connectivity index (χ3n) is 8.91. The first-order valence-electron chi connectivity index (χ1n) is 17.5. The van der Waals surface area contributed by atoms with Crippen LogP contribution in [0.3, 0.4) is 0 Å². The number of ether oxygens (including phenoxy) is 2. The first kappa shape index (κ1) is 35.8. The van der Waals surface area contributed by atoms with Crippen molar-refractivity contribution >= 4 is 17.6 Å².